The van der Waals surface area contributed by atoms with Crippen LogP contribution in [0.4, 0.5) is 9.18 Å². The van der Waals surface area contributed by atoms with Crippen LogP contribution in [-0.2, 0) is 16.1 Å². The maximum absolute atomic E-state index is 13.7. The summed E-state index contributed by atoms with van der Waals surface area (Å²) < 4.78 is 13.7. The van der Waals surface area contributed by atoms with Crippen LogP contribution in [0.2, 0.25) is 0 Å². The predicted molar refractivity (Wildman–Crippen MR) is 88.9 cm³/mol. The number of imide groups is 1. The molecule has 6 nitrogen and oxygen atoms in total. The molecule has 1 saturated heterocycles. The summed E-state index contributed by atoms with van der Waals surface area (Å²) in [5, 5.41) is 2.78. The van der Waals surface area contributed by atoms with Gasteiger partial charge in [0, 0.05) is 19.2 Å². The minimum atomic E-state index is -0.834. The molecule has 134 valence electrons. The summed E-state index contributed by atoms with van der Waals surface area (Å²) in [6.07, 6.45) is 4.07. The summed E-state index contributed by atoms with van der Waals surface area (Å²) in [6.45, 7) is -0.238. The number of halogens is 1. The number of carbonyl (C=O) groups is 3. The van der Waals surface area contributed by atoms with Crippen LogP contribution in [0.25, 0.3) is 0 Å². The Balaban J connectivity index is 1.65. The Morgan fingerprint density at radius 3 is 2.60 bits per heavy atom. The first kappa shape index (κ1) is 17.4. The molecular weight excluding hydrogens is 325 g/mol. The lowest BCUT2D eigenvalue weighted by Crippen LogP contribution is -2.49. The third-order valence-corrected chi connectivity index (χ3v) is 5.04. The monoisotopic (exact) mass is 347 g/mol. The van der Waals surface area contributed by atoms with Gasteiger partial charge in [-0.2, -0.15) is 0 Å². The number of benzene rings is 1. The Kier molecular flexibility index (Phi) is 4.74. The average molecular weight is 347 g/mol. The highest BCUT2D eigenvalue weighted by Crippen LogP contribution is 2.33. The van der Waals surface area contributed by atoms with Gasteiger partial charge in [-0.1, -0.05) is 37.5 Å². The number of hydrogen-bond acceptors (Lipinski definition) is 3. The maximum Gasteiger partial charge on any atom is 0.325 e. The molecule has 0 unspecified atom stereocenters. The summed E-state index contributed by atoms with van der Waals surface area (Å²) in [7, 11) is 1.53. The molecule has 0 aromatic heterocycles. The van der Waals surface area contributed by atoms with Crippen LogP contribution in [0.15, 0.2) is 24.3 Å². The van der Waals surface area contributed by atoms with Gasteiger partial charge >= 0.3 is 6.03 Å². The molecule has 1 aliphatic carbocycles. The van der Waals surface area contributed by atoms with E-state index in [-0.39, 0.29) is 19.0 Å². The van der Waals surface area contributed by atoms with Crippen molar-refractivity contribution in [1.82, 2.24) is 15.1 Å². The van der Waals surface area contributed by atoms with Gasteiger partial charge in [-0.15, -0.1) is 0 Å². The third-order valence-electron chi connectivity index (χ3n) is 5.04. The van der Waals surface area contributed by atoms with Gasteiger partial charge < -0.3 is 10.2 Å². The lowest BCUT2D eigenvalue weighted by atomic mass is 9.82. The molecule has 25 heavy (non-hydrogen) atoms. The Hall–Kier alpha value is -2.44. The Labute approximate surface area is 146 Å². The lowest BCUT2D eigenvalue weighted by molar-refractivity contribution is -0.139. The quantitative estimate of drug-likeness (QED) is 0.848. The number of rotatable bonds is 4. The van der Waals surface area contributed by atoms with Gasteiger partial charge in [0.05, 0.1) is 0 Å². The van der Waals surface area contributed by atoms with Crippen LogP contribution in [0.5, 0.6) is 0 Å². The predicted octanol–water partition coefficient (Wildman–Crippen LogP) is 2.04. The summed E-state index contributed by atoms with van der Waals surface area (Å²) in [5.41, 5.74) is -0.445. The minimum Gasteiger partial charge on any atom is -0.340 e. The Morgan fingerprint density at radius 1 is 1.24 bits per heavy atom. The van der Waals surface area contributed by atoms with Crippen molar-refractivity contribution in [3.8, 4) is 0 Å². The SMILES string of the molecule is CN(Cc1ccccc1F)C(=O)CN1C(=O)NC2(CCCCC2)C1=O. The van der Waals surface area contributed by atoms with Crippen molar-refractivity contribution in [2.75, 3.05) is 13.6 Å². The molecule has 1 N–H and O–H groups in total. The number of amides is 4. The van der Waals surface area contributed by atoms with E-state index >= 15 is 0 Å². The molecule has 0 radical (unpaired) electrons. The van der Waals surface area contributed by atoms with Gasteiger partial charge in [-0.05, 0) is 18.9 Å². The summed E-state index contributed by atoms with van der Waals surface area (Å²) in [4.78, 5) is 39.6. The van der Waals surface area contributed by atoms with Crippen molar-refractivity contribution in [1.29, 1.82) is 0 Å². The number of likely N-dealkylation sites (N-methyl/N-ethyl adjacent to an activating group) is 1. The molecule has 2 fully saturated rings. The summed E-state index contributed by atoms with van der Waals surface area (Å²) in [5.74, 6) is -1.11. The van der Waals surface area contributed by atoms with E-state index in [0.717, 1.165) is 24.2 Å². The fraction of sp³-hybridized carbons (Fsp3) is 0.500. The van der Waals surface area contributed by atoms with Crippen LogP contribution in [0.3, 0.4) is 0 Å². The van der Waals surface area contributed by atoms with Crippen molar-refractivity contribution in [3.05, 3.63) is 35.6 Å². The topological polar surface area (TPSA) is 69.7 Å². The first-order valence-electron chi connectivity index (χ1n) is 8.54. The Morgan fingerprint density at radius 2 is 1.92 bits per heavy atom. The fourth-order valence-electron chi connectivity index (χ4n) is 3.54. The zero-order chi connectivity index (χ0) is 18.0. The number of nitrogens with one attached hydrogen (secondary N) is 1. The van der Waals surface area contributed by atoms with Crippen LogP contribution in [0.1, 0.15) is 37.7 Å². The molecule has 1 aromatic rings. The lowest BCUT2D eigenvalue weighted by Gasteiger charge is -2.30. The highest BCUT2D eigenvalue weighted by molar-refractivity contribution is 6.09. The molecule has 0 atom stereocenters. The van der Waals surface area contributed by atoms with Gasteiger partial charge in [0.1, 0.15) is 17.9 Å². The zero-order valence-corrected chi connectivity index (χ0v) is 14.3. The molecule has 1 saturated carbocycles. The molecule has 1 aromatic carbocycles. The second-order valence-electron chi connectivity index (χ2n) is 6.81. The average Bonchev–Trinajstić information content (AvgIpc) is 2.81. The molecular formula is C18H22FN3O3. The summed E-state index contributed by atoms with van der Waals surface area (Å²) in [6, 6.07) is 5.69. The van der Waals surface area contributed by atoms with Crippen LogP contribution in [0, 0.1) is 5.82 Å². The molecule has 3 rings (SSSR count). The van der Waals surface area contributed by atoms with E-state index in [1.807, 2.05) is 0 Å². The van der Waals surface area contributed by atoms with Gasteiger partial charge in [0.15, 0.2) is 0 Å². The fourth-order valence-corrected chi connectivity index (χ4v) is 3.54. The standard InChI is InChI=1S/C18H22FN3O3/c1-21(11-13-7-3-4-8-14(13)19)15(23)12-22-16(24)18(20-17(22)25)9-5-2-6-10-18/h3-4,7-8H,2,5-6,9-12H2,1H3,(H,20,25). The number of urea groups is 1. The molecule has 7 heteroatoms. The van der Waals surface area contributed by atoms with Crippen LogP contribution >= 0.6 is 0 Å². The van der Waals surface area contributed by atoms with Crippen molar-refractivity contribution in [2.45, 2.75) is 44.2 Å². The number of hydrogen-bond donors (Lipinski definition) is 1. The largest absolute Gasteiger partial charge is 0.340 e. The molecule has 1 heterocycles. The van der Waals surface area contributed by atoms with Gasteiger partial charge in [-0.25, -0.2) is 9.18 Å². The van der Waals surface area contributed by atoms with E-state index in [0.29, 0.717) is 18.4 Å². The van der Waals surface area contributed by atoms with Crippen LogP contribution < -0.4 is 5.32 Å². The number of nitrogens with zero attached hydrogens (tertiary/aromatic N) is 2. The molecule has 1 spiro atoms. The van der Waals surface area contributed by atoms with Crippen molar-refractivity contribution < 1.29 is 18.8 Å². The maximum atomic E-state index is 13.7. The van der Waals surface area contributed by atoms with Crippen molar-refractivity contribution in [2.24, 2.45) is 0 Å². The highest BCUT2D eigenvalue weighted by Gasteiger charge is 2.51. The summed E-state index contributed by atoms with van der Waals surface area (Å²) >= 11 is 0. The van der Waals surface area contributed by atoms with Crippen molar-refractivity contribution in [3.63, 3.8) is 0 Å². The second kappa shape index (κ2) is 6.82. The molecule has 1 aliphatic heterocycles. The first-order chi connectivity index (χ1) is 11.9. The molecule has 2 aliphatic rings. The zero-order valence-electron chi connectivity index (χ0n) is 14.3. The highest BCUT2D eigenvalue weighted by atomic mass is 19.1. The van der Waals surface area contributed by atoms with E-state index in [1.165, 1.54) is 18.0 Å². The van der Waals surface area contributed by atoms with Crippen molar-refractivity contribution >= 4 is 17.8 Å². The van der Waals surface area contributed by atoms with E-state index in [4.69, 9.17) is 0 Å². The van der Waals surface area contributed by atoms with Gasteiger partial charge in [0.25, 0.3) is 5.91 Å². The minimum absolute atomic E-state index is 0.0836. The van der Waals surface area contributed by atoms with E-state index < -0.39 is 23.3 Å². The molecule has 4 amide bonds. The molecule has 0 bridgehead atoms. The second-order valence-corrected chi connectivity index (χ2v) is 6.81. The van der Waals surface area contributed by atoms with E-state index in [1.54, 1.807) is 18.2 Å². The Bertz CT molecular complexity index is 701. The van der Waals surface area contributed by atoms with Crippen LogP contribution in [-0.4, -0.2) is 46.8 Å². The van der Waals surface area contributed by atoms with Gasteiger partial charge in [0.2, 0.25) is 5.91 Å². The van der Waals surface area contributed by atoms with E-state index in [2.05, 4.69) is 5.32 Å². The normalized spacial score (nSPS) is 19.2. The third kappa shape index (κ3) is 3.36. The smallest absolute Gasteiger partial charge is 0.325 e. The van der Waals surface area contributed by atoms with E-state index in [9.17, 15) is 18.8 Å². The number of carbonyl (C=O) groups excluding carboxylic acids is 3. The first-order valence-corrected chi connectivity index (χ1v) is 8.54. The van der Waals surface area contributed by atoms with Gasteiger partial charge in [-0.3, -0.25) is 14.5 Å².